The summed E-state index contributed by atoms with van der Waals surface area (Å²) in [6.45, 7) is 0.241. The van der Waals surface area contributed by atoms with Crippen LogP contribution < -0.4 is 5.32 Å². The Morgan fingerprint density at radius 2 is 1.66 bits per heavy atom. The topological polar surface area (TPSA) is 58.6 Å². The number of rotatable bonds is 3. The average molecular weight is 387 g/mol. The lowest BCUT2D eigenvalue weighted by atomic mass is 9.98. The lowest BCUT2D eigenvalue weighted by molar-refractivity contribution is 0.144. The summed E-state index contributed by atoms with van der Waals surface area (Å²) in [6, 6.07) is 20.3. The Labute approximate surface area is 168 Å². The number of amides is 1. The summed E-state index contributed by atoms with van der Waals surface area (Å²) in [5.74, 6) is 4.05. The lowest BCUT2D eigenvalue weighted by Gasteiger charge is -2.14. The van der Waals surface area contributed by atoms with Gasteiger partial charge in [-0.2, -0.15) is 0 Å². The van der Waals surface area contributed by atoms with E-state index in [1.807, 2.05) is 24.3 Å². The Morgan fingerprint density at radius 3 is 2.34 bits per heavy atom. The van der Waals surface area contributed by atoms with Crippen LogP contribution in [-0.4, -0.2) is 24.4 Å². The Kier molecular flexibility index (Phi) is 5.17. The van der Waals surface area contributed by atoms with Crippen LogP contribution in [0.1, 0.15) is 22.6 Å². The smallest absolute Gasteiger partial charge is 0.407 e. The standard InChI is InChI=1S/C24H18FNO3/c25-22-13-5-7-16(23(22)27)8-6-14-26-24(28)29-15-21-19-11-3-1-9-17(19)18-10-2-4-12-20(18)21/h1-5,7,9-13,21,27H,14-15H2,(H,26,28). The second kappa shape index (κ2) is 8.07. The maximum absolute atomic E-state index is 13.3. The van der Waals surface area contributed by atoms with E-state index < -0.39 is 17.7 Å². The van der Waals surface area contributed by atoms with E-state index in [-0.39, 0.29) is 24.6 Å². The molecule has 1 aliphatic rings. The first-order valence-corrected chi connectivity index (χ1v) is 9.20. The number of hydrogen-bond donors (Lipinski definition) is 2. The maximum Gasteiger partial charge on any atom is 0.407 e. The molecule has 0 atom stereocenters. The third-order valence-electron chi connectivity index (χ3n) is 4.87. The lowest BCUT2D eigenvalue weighted by Crippen LogP contribution is -2.26. The van der Waals surface area contributed by atoms with Crippen LogP contribution in [-0.2, 0) is 4.74 Å². The quantitative estimate of drug-likeness (QED) is 0.654. The SMILES string of the molecule is O=C(NCC#Cc1cccc(F)c1O)OCC1c2ccccc2-c2ccccc21. The molecule has 144 valence electrons. The first-order chi connectivity index (χ1) is 14.1. The third kappa shape index (κ3) is 3.78. The summed E-state index contributed by atoms with van der Waals surface area (Å²) in [5, 5.41) is 12.1. The number of para-hydroxylation sites is 1. The molecular weight excluding hydrogens is 369 g/mol. The van der Waals surface area contributed by atoms with Crippen molar-refractivity contribution >= 4 is 6.09 Å². The molecule has 0 saturated carbocycles. The van der Waals surface area contributed by atoms with Crippen LogP contribution in [0, 0.1) is 17.7 Å². The van der Waals surface area contributed by atoms with Gasteiger partial charge in [0.05, 0.1) is 12.1 Å². The largest absolute Gasteiger partial charge is 0.504 e. The molecule has 2 N–H and O–H groups in total. The normalized spacial score (nSPS) is 11.8. The van der Waals surface area contributed by atoms with E-state index in [0.717, 1.165) is 28.3 Å². The number of carbonyl (C=O) groups is 1. The van der Waals surface area contributed by atoms with Crippen molar-refractivity contribution in [1.82, 2.24) is 5.32 Å². The molecule has 3 aromatic rings. The van der Waals surface area contributed by atoms with Crippen LogP contribution in [0.5, 0.6) is 5.75 Å². The second-order valence-electron chi connectivity index (χ2n) is 6.62. The van der Waals surface area contributed by atoms with Crippen molar-refractivity contribution in [2.24, 2.45) is 0 Å². The van der Waals surface area contributed by atoms with Gasteiger partial charge in [0, 0.05) is 5.92 Å². The van der Waals surface area contributed by atoms with E-state index in [4.69, 9.17) is 4.74 Å². The second-order valence-corrected chi connectivity index (χ2v) is 6.62. The maximum atomic E-state index is 13.3. The monoisotopic (exact) mass is 387 g/mol. The summed E-state index contributed by atoms with van der Waals surface area (Å²) in [5.41, 5.74) is 4.78. The zero-order valence-electron chi connectivity index (χ0n) is 15.5. The van der Waals surface area contributed by atoms with Crippen molar-refractivity contribution < 1.29 is 19.0 Å². The van der Waals surface area contributed by atoms with Gasteiger partial charge in [0.1, 0.15) is 6.61 Å². The van der Waals surface area contributed by atoms with Gasteiger partial charge in [0.25, 0.3) is 0 Å². The van der Waals surface area contributed by atoms with Crippen molar-refractivity contribution in [3.63, 3.8) is 0 Å². The van der Waals surface area contributed by atoms with Crippen molar-refractivity contribution in [1.29, 1.82) is 0 Å². The number of carbonyl (C=O) groups excluding carboxylic acids is 1. The molecule has 0 spiro atoms. The molecule has 4 rings (SSSR count). The molecule has 1 aliphatic carbocycles. The molecule has 0 saturated heterocycles. The summed E-state index contributed by atoms with van der Waals surface area (Å²) in [7, 11) is 0. The Bertz CT molecular complexity index is 1080. The van der Waals surface area contributed by atoms with Crippen molar-refractivity contribution in [2.45, 2.75) is 5.92 Å². The molecule has 0 radical (unpaired) electrons. The molecular formula is C24H18FNO3. The van der Waals surface area contributed by atoms with Crippen molar-refractivity contribution in [3.8, 4) is 28.7 Å². The summed E-state index contributed by atoms with van der Waals surface area (Å²) in [6.07, 6.45) is -0.579. The van der Waals surface area contributed by atoms with E-state index in [0.29, 0.717) is 0 Å². The summed E-state index contributed by atoms with van der Waals surface area (Å²) in [4.78, 5) is 12.0. The van der Waals surface area contributed by atoms with E-state index in [9.17, 15) is 14.3 Å². The van der Waals surface area contributed by atoms with E-state index in [1.165, 1.54) is 12.1 Å². The van der Waals surface area contributed by atoms with Crippen LogP contribution in [0.2, 0.25) is 0 Å². The highest BCUT2D eigenvalue weighted by atomic mass is 19.1. The fraction of sp³-hybridized carbons (Fsp3) is 0.125. The molecule has 0 aromatic heterocycles. The van der Waals surface area contributed by atoms with Gasteiger partial charge in [-0.1, -0.05) is 66.4 Å². The highest BCUT2D eigenvalue weighted by Gasteiger charge is 2.28. The van der Waals surface area contributed by atoms with Gasteiger partial charge in [-0.15, -0.1) is 0 Å². The number of phenols is 1. The predicted molar refractivity (Wildman–Crippen MR) is 108 cm³/mol. The molecule has 0 heterocycles. The zero-order chi connectivity index (χ0) is 20.2. The summed E-state index contributed by atoms with van der Waals surface area (Å²) >= 11 is 0. The Hall–Kier alpha value is -3.78. The van der Waals surface area contributed by atoms with Crippen LogP contribution in [0.15, 0.2) is 66.7 Å². The number of aromatic hydroxyl groups is 1. The number of halogens is 1. The van der Waals surface area contributed by atoms with Crippen LogP contribution in [0.25, 0.3) is 11.1 Å². The molecule has 5 heteroatoms. The molecule has 1 amide bonds. The third-order valence-corrected chi connectivity index (χ3v) is 4.87. The fourth-order valence-electron chi connectivity index (χ4n) is 3.52. The van der Waals surface area contributed by atoms with Crippen LogP contribution in [0.4, 0.5) is 9.18 Å². The minimum atomic E-state index is -0.735. The number of alkyl carbamates (subject to hydrolysis) is 1. The first-order valence-electron chi connectivity index (χ1n) is 9.20. The highest BCUT2D eigenvalue weighted by Crippen LogP contribution is 2.44. The molecule has 4 nitrogen and oxygen atoms in total. The first kappa shape index (κ1) is 18.6. The molecule has 0 unspecified atom stereocenters. The van der Waals surface area contributed by atoms with Gasteiger partial charge >= 0.3 is 6.09 Å². The highest BCUT2D eigenvalue weighted by molar-refractivity contribution is 5.79. The van der Waals surface area contributed by atoms with Crippen molar-refractivity contribution in [3.05, 3.63) is 89.2 Å². The molecule has 29 heavy (non-hydrogen) atoms. The zero-order valence-corrected chi connectivity index (χ0v) is 15.5. The average Bonchev–Trinajstić information content (AvgIpc) is 3.06. The molecule has 0 aliphatic heterocycles. The minimum absolute atomic E-state index is 0.0107. The Balaban J connectivity index is 1.36. The molecule has 0 bridgehead atoms. The van der Waals surface area contributed by atoms with Gasteiger partial charge in [-0.25, -0.2) is 9.18 Å². The number of ether oxygens (including phenoxy) is 1. The van der Waals surface area contributed by atoms with E-state index in [2.05, 4.69) is 41.4 Å². The van der Waals surface area contributed by atoms with Crippen LogP contribution in [0.3, 0.4) is 0 Å². The Morgan fingerprint density at radius 1 is 1.00 bits per heavy atom. The minimum Gasteiger partial charge on any atom is -0.504 e. The van der Waals surface area contributed by atoms with Gasteiger partial charge in [-0.3, -0.25) is 0 Å². The van der Waals surface area contributed by atoms with Gasteiger partial charge < -0.3 is 15.2 Å². The van der Waals surface area contributed by atoms with E-state index >= 15 is 0 Å². The van der Waals surface area contributed by atoms with Gasteiger partial charge in [0.15, 0.2) is 11.6 Å². The number of phenolic OH excluding ortho intramolecular Hbond substituents is 1. The molecule has 3 aromatic carbocycles. The number of hydrogen-bond acceptors (Lipinski definition) is 3. The fourth-order valence-corrected chi connectivity index (χ4v) is 3.52. The predicted octanol–water partition coefficient (Wildman–Crippen LogP) is 4.42. The number of benzene rings is 3. The van der Waals surface area contributed by atoms with Gasteiger partial charge in [0.2, 0.25) is 0 Å². The van der Waals surface area contributed by atoms with Crippen molar-refractivity contribution in [2.75, 3.05) is 13.2 Å². The van der Waals surface area contributed by atoms with E-state index in [1.54, 1.807) is 0 Å². The number of fused-ring (bicyclic) bond motifs is 3. The number of nitrogens with one attached hydrogen (secondary N) is 1. The van der Waals surface area contributed by atoms with Crippen LogP contribution >= 0.6 is 0 Å². The van der Waals surface area contributed by atoms with Gasteiger partial charge in [-0.05, 0) is 34.4 Å². The molecule has 0 fully saturated rings. The summed E-state index contributed by atoms with van der Waals surface area (Å²) < 4.78 is 18.7.